The van der Waals surface area contributed by atoms with Crippen molar-refractivity contribution < 1.29 is 4.79 Å². The van der Waals surface area contributed by atoms with Crippen LogP contribution < -0.4 is 0 Å². The summed E-state index contributed by atoms with van der Waals surface area (Å²) in [6, 6.07) is 8.20. The molecule has 2 aromatic rings. The molecule has 3 heteroatoms. The summed E-state index contributed by atoms with van der Waals surface area (Å²) in [5.41, 5.74) is 2.01. The number of hydrogen-bond acceptors (Lipinski definition) is 1. The quantitative estimate of drug-likeness (QED) is 0.785. The molecule has 1 aliphatic carbocycles. The number of nitrogens with zero attached hydrogens (tertiary/aromatic N) is 2. The molecule has 0 bridgehead atoms. The zero-order valence-electron chi connectivity index (χ0n) is 13.3. The molecule has 0 unspecified atom stereocenters. The van der Waals surface area contributed by atoms with Crippen LogP contribution in [0.2, 0.25) is 0 Å². The first-order chi connectivity index (χ1) is 10.7. The van der Waals surface area contributed by atoms with Gasteiger partial charge in [-0.25, -0.2) is 0 Å². The van der Waals surface area contributed by atoms with Crippen LogP contribution in [-0.2, 0) is 7.05 Å². The number of amides is 1. The Kier molecular flexibility index (Phi) is 3.44. The molecule has 2 aliphatic rings. The summed E-state index contributed by atoms with van der Waals surface area (Å²) in [7, 11) is 2.02. The van der Waals surface area contributed by atoms with E-state index < -0.39 is 0 Å². The van der Waals surface area contributed by atoms with E-state index in [0.29, 0.717) is 0 Å². The van der Waals surface area contributed by atoms with Crippen LogP contribution in [0.15, 0.2) is 30.5 Å². The van der Waals surface area contributed by atoms with Crippen LogP contribution in [0.3, 0.4) is 0 Å². The van der Waals surface area contributed by atoms with Crippen LogP contribution in [0.25, 0.3) is 10.9 Å². The number of carbonyl (C=O) groups is 1. The fraction of sp³-hybridized carbons (Fsp3) is 0.526. The van der Waals surface area contributed by atoms with Crippen molar-refractivity contribution in [2.24, 2.45) is 18.9 Å². The molecule has 22 heavy (non-hydrogen) atoms. The third-order valence-corrected chi connectivity index (χ3v) is 5.71. The van der Waals surface area contributed by atoms with Crippen LogP contribution in [0, 0.1) is 11.8 Å². The first kappa shape index (κ1) is 13.9. The van der Waals surface area contributed by atoms with E-state index in [4.69, 9.17) is 0 Å². The number of rotatable bonds is 1. The molecule has 1 amide bonds. The summed E-state index contributed by atoms with van der Waals surface area (Å²) < 4.78 is 2.07. The van der Waals surface area contributed by atoms with Gasteiger partial charge in [0.2, 0.25) is 0 Å². The minimum absolute atomic E-state index is 0.223. The summed E-state index contributed by atoms with van der Waals surface area (Å²) in [6.45, 7) is 1.90. The van der Waals surface area contributed by atoms with Gasteiger partial charge in [-0.3, -0.25) is 4.79 Å². The fourth-order valence-electron chi connectivity index (χ4n) is 4.47. The molecule has 1 saturated carbocycles. The maximum atomic E-state index is 13.0. The Morgan fingerprint density at radius 1 is 1.09 bits per heavy atom. The molecule has 1 aromatic heterocycles. The molecule has 4 rings (SSSR count). The van der Waals surface area contributed by atoms with Gasteiger partial charge in [0.05, 0.1) is 5.56 Å². The number of aryl methyl sites for hydroxylation is 1. The van der Waals surface area contributed by atoms with E-state index >= 15 is 0 Å². The van der Waals surface area contributed by atoms with E-state index in [2.05, 4.69) is 21.6 Å². The van der Waals surface area contributed by atoms with Crippen molar-refractivity contribution in [2.75, 3.05) is 13.1 Å². The highest BCUT2D eigenvalue weighted by Crippen LogP contribution is 2.36. The van der Waals surface area contributed by atoms with Gasteiger partial charge in [-0.1, -0.05) is 37.5 Å². The first-order valence-electron chi connectivity index (χ1n) is 8.57. The molecule has 1 saturated heterocycles. The smallest absolute Gasteiger partial charge is 0.256 e. The highest BCUT2D eigenvalue weighted by Gasteiger charge is 2.33. The van der Waals surface area contributed by atoms with Crippen LogP contribution in [-0.4, -0.2) is 28.5 Å². The Morgan fingerprint density at radius 2 is 1.86 bits per heavy atom. The van der Waals surface area contributed by atoms with E-state index in [1.807, 2.05) is 25.4 Å². The lowest BCUT2D eigenvalue weighted by Gasteiger charge is -2.41. The van der Waals surface area contributed by atoms with Crippen molar-refractivity contribution in [1.82, 2.24) is 9.47 Å². The lowest BCUT2D eigenvalue weighted by molar-refractivity contribution is 0.0522. The SMILES string of the molecule is Cn1cc(C(=O)N2CC[C@H]3CCCC[C@@H]3C2)c2ccccc21. The van der Waals surface area contributed by atoms with Crippen molar-refractivity contribution in [3.05, 3.63) is 36.0 Å². The summed E-state index contributed by atoms with van der Waals surface area (Å²) in [5.74, 6) is 1.83. The Labute approximate surface area is 131 Å². The Morgan fingerprint density at radius 3 is 2.73 bits per heavy atom. The molecule has 1 aromatic carbocycles. The van der Waals surface area contributed by atoms with E-state index in [1.54, 1.807) is 0 Å². The van der Waals surface area contributed by atoms with Gasteiger partial charge in [0, 0.05) is 37.2 Å². The maximum Gasteiger partial charge on any atom is 0.256 e. The molecule has 2 atom stereocenters. The molecule has 0 spiro atoms. The van der Waals surface area contributed by atoms with E-state index in [9.17, 15) is 4.79 Å². The largest absolute Gasteiger partial charge is 0.350 e. The molecule has 0 N–H and O–H groups in total. The third kappa shape index (κ3) is 2.23. The highest BCUT2D eigenvalue weighted by molar-refractivity contribution is 6.07. The average molecular weight is 296 g/mol. The van der Waals surface area contributed by atoms with Gasteiger partial charge in [-0.2, -0.15) is 0 Å². The molecule has 2 fully saturated rings. The maximum absolute atomic E-state index is 13.0. The number of likely N-dealkylation sites (tertiary alicyclic amines) is 1. The second kappa shape index (κ2) is 5.45. The molecular weight excluding hydrogens is 272 g/mol. The van der Waals surface area contributed by atoms with Gasteiger partial charge in [0.1, 0.15) is 0 Å². The number of piperidine rings is 1. The van der Waals surface area contributed by atoms with Gasteiger partial charge < -0.3 is 9.47 Å². The molecule has 116 valence electrons. The zero-order chi connectivity index (χ0) is 15.1. The zero-order valence-corrected chi connectivity index (χ0v) is 13.3. The Bertz CT molecular complexity index is 703. The van der Waals surface area contributed by atoms with Crippen LogP contribution in [0.5, 0.6) is 0 Å². The Hall–Kier alpha value is -1.77. The molecule has 1 aliphatic heterocycles. The summed E-state index contributed by atoms with van der Waals surface area (Å²) >= 11 is 0. The monoisotopic (exact) mass is 296 g/mol. The van der Waals surface area contributed by atoms with Gasteiger partial charge >= 0.3 is 0 Å². The van der Waals surface area contributed by atoms with Crippen molar-refractivity contribution >= 4 is 16.8 Å². The topological polar surface area (TPSA) is 25.2 Å². The van der Waals surface area contributed by atoms with E-state index in [0.717, 1.165) is 41.4 Å². The predicted octanol–water partition coefficient (Wildman–Crippen LogP) is 3.83. The number of benzene rings is 1. The summed E-state index contributed by atoms with van der Waals surface area (Å²) in [5, 5.41) is 1.08. The number of carbonyl (C=O) groups excluding carboxylic acids is 1. The normalized spacial score (nSPS) is 25.2. The van der Waals surface area contributed by atoms with Crippen molar-refractivity contribution in [1.29, 1.82) is 0 Å². The standard InChI is InChI=1S/C19H24N2O/c1-20-13-17(16-8-4-5-9-18(16)20)19(22)21-11-10-14-6-2-3-7-15(14)12-21/h4-5,8-9,13-15H,2-3,6-7,10-12H2,1H3/t14-,15-/m1/s1. The number of aromatic nitrogens is 1. The third-order valence-electron chi connectivity index (χ3n) is 5.71. The van der Waals surface area contributed by atoms with Crippen molar-refractivity contribution in [2.45, 2.75) is 32.1 Å². The van der Waals surface area contributed by atoms with Crippen molar-refractivity contribution in [3.8, 4) is 0 Å². The average Bonchev–Trinajstić information content (AvgIpc) is 2.91. The van der Waals surface area contributed by atoms with Gasteiger partial charge in [-0.05, 0) is 30.7 Å². The number of para-hydroxylation sites is 1. The molecule has 2 heterocycles. The van der Waals surface area contributed by atoms with Crippen LogP contribution in [0.4, 0.5) is 0 Å². The lowest BCUT2D eigenvalue weighted by atomic mass is 9.75. The number of fused-ring (bicyclic) bond motifs is 2. The molecule has 0 radical (unpaired) electrons. The second-order valence-electron chi connectivity index (χ2n) is 7.02. The lowest BCUT2D eigenvalue weighted by Crippen LogP contribution is -2.44. The second-order valence-corrected chi connectivity index (χ2v) is 7.02. The summed E-state index contributed by atoms with van der Waals surface area (Å²) in [6.07, 6.45) is 8.61. The van der Waals surface area contributed by atoms with E-state index in [-0.39, 0.29) is 5.91 Å². The van der Waals surface area contributed by atoms with Gasteiger partial charge in [0.15, 0.2) is 0 Å². The van der Waals surface area contributed by atoms with Crippen LogP contribution >= 0.6 is 0 Å². The minimum atomic E-state index is 0.223. The number of hydrogen-bond donors (Lipinski definition) is 0. The molecule has 3 nitrogen and oxygen atoms in total. The van der Waals surface area contributed by atoms with Crippen molar-refractivity contribution in [3.63, 3.8) is 0 Å². The highest BCUT2D eigenvalue weighted by atomic mass is 16.2. The Balaban J connectivity index is 1.61. The fourth-order valence-corrected chi connectivity index (χ4v) is 4.47. The summed E-state index contributed by atoms with van der Waals surface area (Å²) in [4.78, 5) is 15.1. The predicted molar refractivity (Wildman–Crippen MR) is 88.9 cm³/mol. The van der Waals surface area contributed by atoms with E-state index in [1.165, 1.54) is 32.1 Å². The van der Waals surface area contributed by atoms with Gasteiger partial charge in [0.25, 0.3) is 5.91 Å². The molecular formula is C19H24N2O. The minimum Gasteiger partial charge on any atom is -0.350 e. The van der Waals surface area contributed by atoms with Crippen LogP contribution in [0.1, 0.15) is 42.5 Å². The van der Waals surface area contributed by atoms with Gasteiger partial charge in [-0.15, -0.1) is 0 Å². The first-order valence-corrected chi connectivity index (χ1v) is 8.57.